The minimum absolute atomic E-state index is 0.683. The fourth-order valence-corrected chi connectivity index (χ4v) is 0.920. The second-order valence-corrected chi connectivity index (χ2v) is 2.30. The highest BCUT2D eigenvalue weighted by Gasteiger charge is 1.97. The monoisotopic (exact) mass is 155 g/mol. The van der Waals surface area contributed by atoms with E-state index < -0.39 is 0 Å². The van der Waals surface area contributed by atoms with E-state index in [4.69, 9.17) is 5.26 Å². The molecule has 0 saturated heterocycles. The van der Waals surface area contributed by atoms with Gasteiger partial charge in [-0.2, -0.15) is 5.26 Å². The molecule has 0 radical (unpaired) electrons. The number of rotatable bonds is 1. The largest absolute Gasteiger partial charge is 0.192 e. The molecule has 0 fully saturated rings. The van der Waals surface area contributed by atoms with E-state index in [0.717, 1.165) is 5.57 Å². The van der Waals surface area contributed by atoms with Gasteiger partial charge in [0.1, 0.15) is 0 Å². The molecule has 0 amide bonds. The van der Waals surface area contributed by atoms with Crippen LogP contribution in [0.4, 0.5) is 0 Å². The molecule has 0 spiro atoms. The first kappa shape index (κ1) is 8.33. The summed E-state index contributed by atoms with van der Waals surface area (Å²) >= 11 is 0. The molecular formula is C11H9N. The minimum Gasteiger partial charge on any atom is -0.192 e. The number of hydrogen-bond acceptors (Lipinski definition) is 1. The summed E-state index contributed by atoms with van der Waals surface area (Å²) in [5, 5.41) is 8.73. The maximum atomic E-state index is 8.73. The fourth-order valence-electron chi connectivity index (χ4n) is 0.920. The van der Waals surface area contributed by atoms with Crippen molar-refractivity contribution in [3.8, 4) is 6.07 Å². The van der Waals surface area contributed by atoms with Crippen molar-refractivity contribution >= 4 is 0 Å². The average molecular weight is 155 g/mol. The Bertz CT molecular complexity index is 353. The van der Waals surface area contributed by atoms with E-state index in [0.29, 0.717) is 5.57 Å². The molecule has 0 atom stereocenters. The van der Waals surface area contributed by atoms with Gasteiger partial charge in [-0.25, -0.2) is 0 Å². The number of nitrogens with zero attached hydrogens (tertiary/aromatic N) is 1. The Kier molecular flexibility index (Phi) is 2.90. The maximum Gasteiger partial charge on any atom is 0.0994 e. The van der Waals surface area contributed by atoms with E-state index in [1.54, 1.807) is 12.2 Å². The SMILES string of the molecule is C/C=C(\C#N)C1=CC=CC=C=C1. The van der Waals surface area contributed by atoms with E-state index in [1.165, 1.54) is 0 Å². The van der Waals surface area contributed by atoms with Crippen LogP contribution in [0.1, 0.15) is 6.92 Å². The third kappa shape index (κ3) is 1.85. The smallest absolute Gasteiger partial charge is 0.0994 e. The van der Waals surface area contributed by atoms with Gasteiger partial charge in [-0.15, -0.1) is 5.73 Å². The van der Waals surface area contributed by atoms with Crippen molar-refractivity contribution in [1.29, 1.82) is 5.26 Å². The molecular weight excluding hydrogens is 146 g/mol. The van der Waals surface area contributed by atoms with Gasteiger partial charge >= 0.3 is 0 Å². The average Bonchev–Trinajstić information content (AvgIpc) is 2.35. The molecule has 0 aromatic heterocycles. The van der Waals surface area contributed by atoms with Crippen molar-refractivity contribution in [2.75, 3.05) is 0 Å². The highest BCUT2D eigenvalue weighted by atomic mass is 14.2. The Morgan fingerprint density at radius 1 is 1.58 bits per heavy atom. The third-order valence-corrected chi connectivity index (χ3v) is 1.54. The van der Waals surface area contributed by atoms with Crippen LogP contribution in [0.3, 0.4) is 0 Å². The maximum absolute atomic E-state index is 8.73. The summed E-state index contributed by atoms with van der Waals surface area (Å²) in [7, 11) is 0. The topological polar surface area (TPSA) is 23.8 Å². The predicted octanol–water partition coefficient (Wildman–Crippen LogP) is 2.66. The molecule has 0 aliphatic heterocycles. The molecule has 0 saturated carbocycles. The lowest BCUT2D eigenvalue weighted by atomic mass is 10.1. The summed E-state index contributed by atoms with van der Waals surface area (Å²) in [6.45, 7) is 1.85. The van der Waals surface area contributed by atoms with Crippen molar-refractivity contribution in [1.82, 2.24) is 0 Å². The van der Waals surface area contributed by atoms with Crippen LogP contribution in [0.15, 0.2) is 53.3 Å². The Morgan fingerprint density at radius 2 is 2.42 bits per heavy atom. The Balaban J connectivity index is 3.05. The second kappa shape index (κ2) is 4.18. The quantitative estimate of drug-likeness (QED) is 0.422. The molecule has 0 N–H and O–H groups in total. The molecule has 58 valence electrons. The van der Waals surface area contributed by atoms with Crippen LogP contribution in [0.2, 0.25) is 0 Å². The molecule has 1 heteroatoms. The van der Waals surface area contributed by atoms with Crippen LogP contribution in [-0.2, 0) is 0 Å². The second-order valence-electron chi connectivity index (χ2n) is 2.30. The summed E-state index contributed by atoms with van der Waals surface area (Å²) in [4.78, 5) is 0. The summed E-state index contributed by atoms with van der Waals surface area (Å²) in [6, 6.07) is 2.12. The highest BCUT2D eigenvalue weighted by Crippen LogP contribution is 2.11. The van der Waals surface area contributed by atoms with Crippen LogP contribution < -0.4 is 0 Å². The van der Waals surface area contributed by atoms with Crippen LogP contribution >= 0.6 is 0 Å². The van der Waals surface area contributed by atoms with Crippen LogP contribution in [0.25, 0.3) is 0 Å². The van der Waals surface area contributed by atoms with Gasteiger partial charge in [0.2, 0.25) is 0 Å². The standard InChI is InChI=1S/C11H9N/c1-2-10(9-12)11-7-5-3-4-6-8-11/h2-5,7-8H,1H3/b10-2+. The van der Waals surface area contributed by atoms with Gasteiger partial charge in [-0.05, 0) is 24.6 Å². The first-order valence-electron chi connectivity index (χ1n) is 3.74. The van der Waals surface area contributed by atoms with Gasteiger partial charge in [0.05, 0.1) is 11.6 Å². The first-order valence-corrected chi connectivity index (χ1v) is 3.74. The zero-order chi connectivity index (χ0) is 8.81. The van der Waals surface area contributed by atoms with E-state index in [2.05, 4.69) is 11.8 Å². The third-order valence-electron chi connectivity index (χ3n) is 1.54. The number of allylic oxidation sites excluding steroid dienone is 7. The van der Waals surface area contributed by atoms with E-state index in [1.807, 2.05) is 31.2 Å². The molecule has 1 nitrogen and oxygen atoms in total. The van der Waals surface area contributed by atoms with Gasteiger partial charge in [0.15, 0.2) is 0 Å². The fraction of sp³-hybridized carbons (Fsp3) is 0.0909. The van der Waals surface area contributed by atoms with Crippen LogP contribution in [0, 0.1) is 11.3 Å². The Hall–Kier alpha value is -1.77. The van der Waals surface area contributed by atoms with Gasteiger partial charge in [-0.3, -0.25) is 0 Å². The van der Waals surface area contributed by atoms with Crippen molar-refractivity contribution in [2.24, 2.45) is 0 Å². The lowest BCUT2D eigenvalue weighted by molar-refractivity contribution is 1.44. The van der Waals surface area contributed by atoms with Crippen molar-refractivity contribution in [2.45, 2.75) is 6.92 Å². The Labute approximate surface area is 72.3 Å². The first-order chi connectivity index (χ1) is 5.88. The zero-order valence-corrected chi connectivity index (χ0v) is 6.91. The molecule has 0 unspecified atom stereocenters. The predicted molar refractivity (Wildman–Crippen MR) is 49.2 cm³/mol. The number of hydrogen-bond donors (Lipinski definition) is 0. The van der Waals surface area contributed by atoms with Crippen molar-refractivity contribution in [3.63, 3.8) is 0 Å². The summed E-state index contributed by atoms with van der Waals surface area (Å²) in [5.41, 5.74) is 4.54. The van der Waals surface area contributed by atoms with E-state index in [9.17, 15) is 0 Å². The van der Waals surface area contributed by atoms with Crippen molar-refractivity contribution in [3.05, 3.63) is 53.3 Å². The minimum atomic E-state index is 0.683. The van der Waals surface area contributed by atoms with Gasteiger partial charge in [0.25, 0.3) is 0 Å². The summed E-state index contributed by atoms with van der Waals surface area (Å²) in [6.07, 6.45) is 11.1. The summed E-state index contributed by atoms with van der Waals surface area (Å²) in [5.74, 6) is 0. The highest BCUT2D eigenvalue weighted by molar-refractivity contribution is 5.50. The van der Waals surface area contributed by atoms with E-state index in [-0.39, 0.29) is 0 Å². The molecule has 1 rings (SSSR count). The lowest BCUT2D eigenvalue weighted by Crippen LogP contribution is -1.80. The number of nitriles is 1. The Morgan fingerprint density at radius 3 is 3.08 bits per heavy atom. The molecule has 0 aromatic rings. The zero-order valence-electron chi connectivity index (χ0n) is 6.91. The lowest BCUT2D eigenvalue weighted by Gasteiger charge is -1.93. The van der Waals surface area contributed by atoms with Crippen LogP contribution in [-0.4, -0.2) is 0 Å². The summed E-state index contributed by atoms with van der Waals surface area (Å²) < 4.78 is 0. The normalized spacial score (nSPS) is 15.3. The molecule has 0 heterocycles. The molecule has 12 heavy (non-hydrogen) atoms. The molecule has 0 bridgehead atoms. The molecule has 1 aliphatic rings. The van der Waals surface area contributed by atoms with Crippen LogP contribution in [0.5, 0.6) is 0 Å². The molecule has 0 aromatic carbocycles. The van der Waals surface area contributed by atoms with E-state index >= 15 is 0 Å². The van der Waals surface area contributed by atoms with Gasteiger partial charge < -0.3 is 0 Å². The van der Waals surface area contributed by atoms with Crippen molar-refractivity contribution < 1.29 is 0 Å². The van der Waals surface area contributed by atoms with Gasteiger partial charge in [-0.1, -0.05) is 24.3 Å². The van der Waals surface area contributed by atoms with Gasteiger partial charge in [0, 0.05) is 0 Å². The molecule has 1 aliphatic carbocycles.